The molecule has 116 valence electrons. The molecular formula is C16H23NO4. The lowest BCUT2D eigenvalue weighted by Gasteiger charge is -2.57. The standard InChI is InChI=1S/C16H23NO4/c1-13-11-17(16(13,7-9-18)8-10-19)15(20)21-12-14-5-3-2-4-6-14/h2-6,13,18-19H,7-12H2,1H3/t13-/m0/s1. The molecule has 1 saturated heterocycles. The van der Waals surface area contributed by atoms with Gasteiger partial charge < -0.3 is 19.8 Å². The molecule has 2 rings (SSSR count). The molecule has 2 N–H and O–H groups in total. The summed E-state index contributed by atoms with van der Waals surface area (Å²) in [6, 6.07) is 9.52. The van der Waals surface area contributed by atoms with Crippen LogP contribution in [0.25, 0.3) is 0 Å². The van der Waals surface area contributed by atoms with E-state index in [1.807, 2.05) is 37.3 Å². The van der Waals surface area contributed by atoms with Gasteiger partial charge in [-0.05, 0) is 24.3 Å². The Morgan fingerprint density at radius 3 is 2.43 bits per heavy atom. The number of likely N-dealkylation sites (tertiary alicyclic amines) is 1. The van der Waals surface area contributed by atoms with Crippen molar-refractivity contribution < 1.29 is 19.7 Å². The fraction of sp³-hybridized carbons (Fsp3) is 0.562. The number of hydrogen-bond donors (Lipinski definition) is 2. The lowest BCUT2D eigenvalue weighted by molar-refractivity contribution is -0.0861. The average Bonchev–Trinajstić information content (AvgIpc) is 2.51. The summed E-state index contributed by atoms with van der Waals surface area (Å²) in [6.45, 7) is 2.86. The van der Waals surface area contributed by atoms with Crippen LogP contribution < -0.4 is 0 Å². The summed E-state index contributed by atoms with van der Waals surface area (Å²) in [7, 11) is 0. The van der Waals surface area contributed by atoms with Gasteiger partial charge in [0.2, 0.25) is 0 Å². The van der Waals surface area contributed by atoms with Crippen LogP contribution in [0.15, 0.2) is 30.3 Å². The fourth-order valence-electron chi connectivity index (χ4n) is 3.11. The van der Waals surface area contributed by atoms with Crippen molar-refractivity contribution in [2.75, 3.05) is 19.8 Å². The second-order valence-corrected chi connectivity index (χ2v) is 5.60. The van der Waals surface area contributed by atoms with E-state index >= 15 is 0 Å². The number of rotatable bonds is 6. The van der Waals surface area contributed by atoms with Gasteiger partial charge in [-0.1, -0.05) is 37.3 Å². The second-order valence-electron chi connectivity index (χ2n) is 5.60. The number of aliphatic hydroxyl groups excluding tert-OH is 2. The highest BCUT2D eigenvalue weighted by Crippen LogP contribution is 2.42. The Morgan fingerprint density at radius 2 is 1.90 bits per heavy atom. The molecule has 1 amide bonds. The predicted octanol–water partition coefficient (Wildman–Crippen LogP) is 1.78. The van der Waals surface area contributed by atoms with E-state index in [1.54, 1.807) is 4.90 Å². The molecule has 0 aromatic heterocycles. The molecule has 5 nitrogen and oxygen atoms in total. The lowest BCUT2D eigenvalue weighted by atomic mass is 9.71. The van der Waals surface area contributed by atoms with Crippen LogP contribution in [0.1, 0.15) is 25.3 Å². The summed E-state index contributed by atoms with van der Waals surface area (Å²) in [6.07, 6.45) is 0.559. The van der Waals surface area contributed by atoms with Gasteiger partial charge in [0.05, 0.1) is 5.54 Å². The number of hydrogen-bond acceptors (Lipinski definition) is 4. The molecule has 0 unspecified atom stereocenters. The largest absolute Gasteiger partial charge is 0.445 e. The van der Waals surface area contributed by atoms with E-state index in [9.17, 15) is 15.0 Å². The molecule has 0 bridgehead atoms. The smallest absolute Gasteiger partial charge is 0.410 e. The molecule has 0 saturated carbocycles. The summed E-state index contributed by atoms with van der Waals surface area (Å²) in [5.74, 6) is 0.251. The Hall–Kier alpha value is -1.59. The molecule has 0 aliphatic carbocycles. The van der Waals surface area contributed by atoms with E-state index in [-0.39, 0.29) is 31.8 Å². The Bertz CT molecular complexity index is 457. The van der Waals surface area contributed by atoms with Gasteiger partial charge >= 0.3 is 6.09 Å². The zero-order chi connectivity index (χ0) is 15.3. The molecule has 0 radical (unpaired) electrons. The van der Waals surface area contributed by atoms with Crippen LogP contribution in [0.5, 0.6) is 0 Å². The third kappa shape index (κ3) is 3.19. The number of carbonyl (C=O) groups excluding carboxylic acids is 1. The first kappa shape index (κ1) is 15.8. The summed E-state index contributed by atoms with van der Waals surface area (Å²) in [5.41, 5.74) is 0.464. The van der Waals surface area contributed by atoms with Crippen LogP contribution in [0.4, 0.5) is 4.79 Å². The monoisotopic (exact) mass is 293 g/mol. The van der Waals surface area contributed by atoms with Gasteiger partial charge in [-0.25, -0.2) is 4.79 Å². The van der Waals surface area contributed by atoms with Crippen molar-refractivity contribution in [1.82, 2.24) is 4.90 Å². The summed E-state index contributed by atoms with van der Waals surface area (Å²) < 4.78 is 5.35. The van der Waals surface area contributed by atoms with Gasteiger partial charge in [0.15, 0.2) is 0 Å². The van der Waals surface area contributed by atoms with Crippen LogP contribution in [-0.2, 0) is 11.3 Å². The first-order valence-corrected chi connectivity index (χ1v) is 7.34. The van der Waals surface area contributed by atoms with E-state index in [1.165, 1.54) is 0 Å². The summed E-state index contributed by atoms with van der Waals surface area (Å²) >= 11 is 0. The quantitative estimate of drug-likeness (QED) is 0.839. The minimum absolute atomic E-state index is 0.00714. The molecule has 1 fully saturated rings. The van der Waals surface area contributed by atoms with Crippen LogP contribution in [-0.4, -0.2) is 46.5 Å². The third-order valence-electron chi connectivity index (χ3n) is 4.43. The van der Waals surface area contributed by atoms with Crippen LogP contribution in [0.2, 0.25) is 0 Å². The van der Waals surface area contributed by atoms with Gasteiger partial charge in [-0.2, -0.15) is 0 Å². The highest BCUT2D eigenvalue weighted by molar-refractivity contribution is 5.70. The van der Waals surface area contributed by atoms with Crippen molar-refractivity contribution in [3.63, 3.8) is 0 Å². The maximum atomic E-state index is 12.2. The highest BCUT2D eigenvalue weighted by Gasteiger charge is 2.53. The molecular weight excluding hydrogens is 270 g/mol. The van der Waals surface area contributed by atoms with Crippen molar-refractivity contribution in [2.45, 2.75) is 31.9 Å². The molecule has 1 aromatic rings. The number of benzene rings is 1. The third-order valence-corrected chi connectivity index (χ3v) is 4.43. The maximum Gasteiger partial charge on any atom is 0.410 e. The zero-order valence-corrected chi connectivity index (χ0v) is 12.4. The van der Waals surface area contributed by atoms with Crippen molar-refractivity contribution in [1.29, 1.82) is 0 Å². The lowest BCUT2D eigenvalue weighted by Crippen LogP contribution is -2.68. The van der Waals surface area contributed by atoms with Gasteiger partial charge in [-0.3, -0.25) is 0 Å². The van der Waals surface area contributed by atoms with Gasteiger partial charge in [0.1, 0.15) is 6.61 Å². The Balaban J connectivity index is 1.98. The van der Waals surface area contributed by atoms with E-state index < -0.39 is 5.54 Å². The van der Waals surface area contributed by atoms with Crippen LogP contribution in [0, 0.1) is 5.92 Å². The van der Waals surface area contributed by atoms with Crippen molar-refractivity contribution in [3.8, 4) is 0 Å². The minimum Gasteiger partial charge on any atom is -0.445 e. The molecule has 1 aliphatic heterocycles. The van der Waals surface area contributed by atoms with Crippen molar-refractivity contribution >= 4 is 6.09 Å². The van der Waals surface area contributed by atoms with E-state index in [0.717, 1.165) is 5.56 Å². The van der Waals surface area contributed by atoms with Crippen molar-refractivity contribution in [3.05, 3.63) is 35.9 Å². The van der Waals surface area contributed by atoms with E-state index in [0.29, 0.717) is 19.4 Å². The minimum atomic E-state index is -0.475. The average molecular weight is 293 g/mol. The molecule has 0 spiro atoms. The molecule has 1 aliphatic rings. The molecule has 21 heavy (non-hydrogen) atoms. The van der Waals surface area contributed by atoms with Crippen LogP contribution in [0.3, 0.4) is 0 Å². The zero-order valence-electron chi connectivity index (χ0n) is 12.4. The second kappa shape index (κ2) is 6.91. The summed E-state index contributed by atoms with van der Waals surface area (Å²) in [5, 5.41) is 18.5. The predicted molar refractivity (Wildman–Crippen MR) is 78.6 cm³/mol. The SMILES string of the molecule is C[C@H]1CN(C(=O)OCc2ccccc2)C1(CCO)CCO. The topological polar surface area (TPSA) is 70.0 Å². The summed E-state index contributed by atoms with van der Waals surface area (Å²) in [4.78, 5) is 13.9. The van der Waals surface area contributed by atoms with Gasteiger partial charge in [-0.15, -0.1) is 0 Å². The number of amides is 1. The number of carbonyl (C=O) groups is 1. The Labute approximate surface area is 125 Å². The van der Waals surface area contributed by atoms with E-state index in [2.05, 4.69) is 0 Å². The number of ether oxygens (including phenoxy) is 1. The normalized spacial score (nSPS) is 20.0. The maximum absolute atomic E-state index is 12.2. The molecule has 5 heteroatoms. The number of aliphatic hydroxyl groups is 2. The first-order valence-electron chi connectivity index (χ1n) is 7.34. The highest BCUT2D eigenvalue weighted by atomic mass is 16.6. The van der Waals surface area contributed by atoms with Crippen molar-refractivity contribution in [2.24, 2.45) is 5.92 Å². The number of nitrogens with zero attached hydrogens (tertiary/aromatic N) is 1. The van der Waals surface area contributed by atoms with Gasteiger partial charge in [0, 0.05) is 19.8 Å². The fourth-order valence-corrected chi connectivity index (χ4v) is 3.11. The molecule has 1 aromatic carbocycles. The van der Waals surface area contributed by atoms with Gasteiger partial charge in [0.25, 0.3) is 0 Å². The Morgan fingerprint density at radius 1 is 1.29 bits per heavy atom. The first-order chi connectivity index (χ1) is 10.1. The van der Waals surface area contributed by atoms with E-state index in [4.69, 9.17) is 4.74 Å². The molecule has 1 heterocycles. The van der Waals surface area contributed by atoms with Crippen LogP contribution >= 0.6 is 0 Å². The Kier molecular flexibility index (Phi) is 5.20. The molecule has 1 atom stereocenters.